The van der Waals surface area contributed by atoms with Crippen LogP contribution in [0.15, 0.2) is 28.6 Å². The summed E-state index contributed by atoms with van der Waals surface area (Å²) in [6.07, 6.45) is 1.02. The minimum absolute atomic E-state index is 0.0232. The highest BCUT2D eigenvalue weighted by Gasteiger charge is 2.19. The number of thioether (sulfide) groups is 1. The van der Waals surface area contributed by atoms with Crippen molar-refractivity contribution in [3.05, 3.63) is 29.8 Å². The molecule has 1 aromatic carbocycles. The number of hydrogen-bond donors (Lipinski definition) is 2. The van der Waals surface area contributed by atoms with E-state index >= 15 is 0 Å². The first kappa shape index (κ1) is 20.4. The fourth-order valence-electron chi connectivity index (χ4n) is 2.00. The van der Waals surface area contributed by atoms with Crippen LogP contribution in [-0.2, 0) is 4.79 Å². The molecule has 1 heterocycles. The Morgan fingerprint density at radius 3 is 2.46 bits per heavy atom. The molecule has 0 radical (unpaired) electrons. The van der Waals surface area contributed by atoms with Crippen molar-refractivity contribution in [1.29, 1.82) is 0 Å². The van der Waals surface area contributed by atoms with Crippen LogP contribution in [0.1, 0.15) is 44.5 Å². The fourth-order valence-corrected chi connectivity index (χ4v) is 4.00. The molecule has 2 rings (SSSR count). The third-order valence-electron chi connectivity index (χ3n) is 3.54. The SMILES string of the molecule is CCCNc1nnc(SC(C)C(=O)c2ccc(NC(=O)C(C)C)cc2)s1. The smallest absolute Gasteiger partial charge is 0.226 e. The Bertz CT molecular complexity index is 744. The van der Waals surface area contributed by atoms with E-state index < -0.39 is 0 Å². The van der Waals surface area contributed by atoms with Crippen molar-refractivity contribution in [2.24, 2.45) is 5.92 Å². The maximum Gasteiger partial charge on any atom is 0.226 e. The average Bonchev–Trinajstić information content (AvgIpc) is 3.07. The predicted molar refractivity (Wildman–Crippen MR) is 108 cm³/mol. The monoisotopic (exact) mass is 392 g/mol. The van der Waals surface area contributed by atoms with E-state index in [2.05, 4.69) is 27.8 Å². The first-order chi connectivity index (χ1) is 12.4. The number of rotatable bonds is 9. The van der Waals surface area contributed by atoms with Crippen molar-refractivity contribution in [3.63, 3.8) is 0 Å². The van der Waals surface area contributed by atoms with Gasteiger partial charge in [-0.15, -0.1) is 10.2 Å². The second-order valence-corrected chi connectivity index (χ2v) is 8.71. The van der Waals surface area contributed by atoms with E-state index in [-0.39, 0.29) is 22.9 Å². The van der Waals surface area contributed by atoms with E-state index in [0.29, 0.717) is 11.3 Å². The summed E-state index contributed by atoms with van der Waals surface area (Å²) in [5.74, 6) is -0.108. The van der Waals surface area contributed by atoms with E-state index in [4.69, 9.17) is 0 Å². The number of Topliss-reactive ketones (excluding diaryl/α,β-unsaturated/α-hetero) is 1. The molecule has 0 saturated heterocycles. The van der Waals surface area contributed by atoms with Crippen molar-refractivity contribution in [2.75, 3.05) is 17.2 Å². The van der Waals surface area contributed by atoms with Gasteiger partial charge in [0, 0.05) is 23.7 Å². The summed E-state index contributed by atoms with van der Waals surface area (Å²) in [5, 5.41) is 14.7. The van der Waals surface area contributed by atoms with Gasteiger partial charge in [-0.1, -0.05) is 43.9 Å². The summed E-state index contributed by atoms with van der Waals surface area (Å²) in [5.41, 5.74) is 1.30. The van der Waals surface area contributed by atoms with Crippen molar-refractivity contribution in [2.45, 2.75) is 43.7 Å². The molecule has 140 valence electrons. The van der Waals surface area contributed by atoms with E-state index in [0.717, 1.165) is 22.4 Å². The number of aromatic nitrogens is 2. The topological polar surface area (TPSA) is 84.0 Å². The summed E-state index contributed by atoms with van der Waals surface area (Å²) < 4.78 is 0.769. The molecule has 0 fully saturated rings. The second-order valence-electron chi connectivity index (χ2n) is 6.15. The first-order valence-electron chi connectivity index (χ1n) is 8.59. The van der Waals surface area contributed by atoms with Gasteiger partial charge in [0.1, 0.15) is 0 Å². The summed E-state index contributed by atoms with van der Waals surface area (Å²) in [6.45, 7) is 8.48. The van der Waals surface area contributed by atoms with Crippen molar-refractivity contribution < 1.29 is 9.59 Å². The van der Waals surface area contributed by atoms with Gasteiger partial charge in [-0.3, -0.25) is 9.59 Å². The number of nitrogens with one attached hydrogen (secondary N) is 2. The lowest BCUT2D eigenvalue weighted by Gasteiger charge is -2.10. The summed E-state index contributed by atoms with van der Waals surface area (Å²) in [6, 6.07) is 6.98. The standard InChI is InChI=1S/C18H24N4O2S2/c1-5-10-19-17-21-22-18(26-17)25-12(4)15(23)13-6-8-14(9-7-13)20-16(24)11(2)3/h6-9,11-12H,5,10H2,1-4H3,(H,19,21)(H,20,24). The Balaban J connectivity index is 1.95. The molecule has 26 heavy (non-hydrogen) atoms. The van der Waals surface area contributed by atoms with Gasteiger partial charge in [0.25, 0.3) is 0 Å². The molecule has 1 amide bonds. The Kier molecular flexibility index (Phi) is 7.59. The number of anilines is 2. The molecular weight excluding hydrogens is 368 g/mol. The zero-order valence-electron chi connectivity index (χ0n) is 15.4. The average molecular weight is 393 g/mol. The molecule has 1 unspecified atom stereocenters. The molecule has 1 atom stereocenters. The quantitative estimate of drug-likeness (QED) is 0.488. The normalized spacial score (nSPS) is 12.0. The van der Waals surface area contributed by atoms with Crippen LogP contribution in [0.5, 0.6) is 0 Å². The molecule has 0 spiro atoms. The maximum absolute atomic E-state index is 12.6. The van der Waals surface area contributed by atoms with Crippen LogP contribution in [0.2, 0.25) is 0 Å². The molecule has 2 N–H and O–H groups in total. The van der Waals surface area contributed by atoms with Crippen LogP contribution >= 0.6 is 23.1 Å². The summed E-state index contributed by atoms with van der Waals surface area (Å²) in [4.78, 5) is 24.3. The molecule has 0 aliphatic carbocycles. The van der Waals surface area contributed by atoms with Gasteiger partial charge in [0.2, 0.25) is 11.0 Å². The van der Waals surface area contributed by atoms with Crippen molar-refractivity contribution in [3.8, 4) is 0 Å². The maximum atomic E-state index is 12.6. The molecule has 0 aliphatic heterocycles. The largest absolute Gasteiger partial charge is 0.360 e. The minimum Gasteiger partial charge on any atom is -0.360 e. The third-order valence-corrected chi connectivity index (χ3v) is 5.61. The van der Waals surface area contributed by atoms with Crippen LogP contribution in [0, 0.1) is 5.92 Å². The van der Waals surface area contributed by atoms with Crippen molar-refractivity contribution >= 4 is 45.6 Å². The second kappa shape index (κ2) is 9.68. The van der Waals surface area contributed by atoms with Gasteiger partial charge in [0.05, 0.1) is 5.25 Å². The van der Waals surface area contributed by atoms with E-state index in [9.17, 15) is 9.59 Å². The molecule has 0 aliphatic rings. The molecule has 1 aromatic heterocycles. The van der Waals surface area contributed by atoms with Gasteiger partial charge >= 0.3 is 0 Å². The summed E-state index contributed by atoms with van der Waals surface area (Å²) >= 11 is 2.86. The fraction of sp³-hybridized carbons (Fsp3) is 0.444. The highest BCUT2D eigenvalue weighted by atomic mass is 32.2. The highest BCUT2D eigenvalue weighted by Crippen LogP contribution is 2.30. The molecule has 0 saturated carbocycles. The molecule has 0 bridgehead atoms. The van der Waals surface area contributed by atoms with Crippen LogP contribution in [0.25, 0.3) is 0 Å². The van der Waals surface area contributed by atoms with Crippen LogP contribution in [0.3, 0.4) is 0 Å². The number of amides is 1. The Labute approximate surface area is 162 Å². The molecular formula is C18H24N4O2S2. The number of hydrogen-bond acceptors (Lipinski definition) is 7. The minimum atomic E-state index is -0.266. The number of nitrogens with zero attached hydrogens (tertiary/aromatic N) is 2. The van der Waals surface area contributed by atoms with Crippen LogP contribution in [-0.4, -0.2) is 33.7 Å². The Morgan fingerprint density at radius 1 is 1.15 bits per heavy atom. The van der Waals surface area contributed by atoms with Gasteiger partial charge in [-0.05, 0) is 37.6 Å². The summed E-state index contributed by atoms with van der Waals surface area (Å²) in [7, 11) is 0. The van der Waals surface area contributed by atoms with E-state index in [1.54, 1.807) is 24.3 Å². The lowest BCUT2D eigenvalue weighted by atomic mass is 10.1. The zero-order chi connectivity index (χ0) is 19.1. The van der Waals surface area contributed by atoms with Crippen molar-refractivity contribution in [1.82, 2.24) is 10.2 Å². The number of carbonyl (C=O) groups excluding carboxylic acids is 2. The molecule has 6 nitrogen and oxygen atoms in total. The number of carbonyl (C=O) groups is 2. The van der Waals surface area contributed by atoms with Crippen LogP contribution < -0.4 is 10.6 Å². The zero-order valence-corrected chi connectivity index (χ0v) is 17.0. The first-order valence-corrected chi connectivity index (χ1v) is 10.3. The highest BCUT2D eigenvalue weighted by molar-refractivity contribution is 8.02. The number of benzene rings is 1. The van der Waals surface area contributed by atoms with E-state index in [1.165, 1.54) is 23.1 Å². The third kappa shape index (κ3) is 5.81. The predicted octanol–water partition coefficient (Wildman–Crippen LogP) is 4.32. The van der Waals surface area contributed by atoms with Gasteiger partial charge in [0.15, 0.2) is 10.1 Å². The number of ketones is 1. The lowest BCUT2D eigenvalue weighted by Crippen LogP contribution is -2.18. The molecule has 2 aromatic rings. The van der Waals surface area contributed by atoms with Gasteiger partial charge in [-0.2, -0.15) is 0 Å². The van der Waals surface area contributed by atoms with Gasteiger partial charge < -0.3 is 10.6 Å². The van der Waals surface area contributed by atoms with Crippen LogP contribution in [0.4, 0.5) is 10.8 Å². The Morgan fingerprint density at radius 2 is 1.85 bits per heavy atom. The van der Waals surface area contributed by atoms with E-state index in [1.807, 2.05) is 20.8 Å². The molecule has 8 heteroatoms. The lowest BCUT2D eigenvalue weighted by molar-refractivity contribution is -0.118. The Hall–Kier alpha value is -1.93. The van der Waals surface area contributed by atoms with Gasteiger partial charge in [-0.25, -0.2) is 0 Å².